The molecule has 1 N–H and O–H groups in total. The summed E-state index contributed by atoms with van der Waals surface area (Å²) in [6.07, 6.45) is 0.695. The lowest BCUT2D eigenvalue weighted by atomic mass is 10.0. The van der Waals surface area contributed by atoms with Crippen molar-refractivity contribution in [2.45, 2.75) is 26.7 Å². The minimum Gasteiger partial charge on any atom is -0.300 e. The highest BCUT2D eigenvalue weighted by Gasteiger charge is 2.09. The molecule has 1 unspecified atom stereocenters. The largest absolute Gasteiger partial charge is 0.300 e. The van der Waals surface area contributed by atoms with Crippen molar-refractivity contribution in [3.8, 4) is 0 Å². The van der Waals surface area contributed by atoms with Crippen LogP contribution < -0.4 is 0 Å². The van der Waals surface area contributed by atoms with Crippen LogP contribution in [0.1, 0.15) is 26.7 Å². The molecule has 0 saturated heterocycles. The fourth-order valence-electron chi connectivity index (χ4n) is 0.599. The molecule has 1 atom stereocenters. The topological polar surface area (TPSA) is 70.3 Å². The highest BCUT2D eigenvalue weighted by Crippen LogP contribution is 2.06. The molecule has 11 heavy (non-hydrogen) atoms. The molecule has 0 bridgehead atoms. The van der Waals surface area contributed by atoms with Gasteiger partial charge in [0.1, 0.15) is 5.78 Å². The first-order chi connectivity index (χ1) is 5.07. The average molecular weight is 156 g/mol. The summed E-state index contributed by atoms with van der Waals surface area (Å²) in [5, 5.41) is 2.72. The van der Waals surface area contributed by atoms with Crippen LogP contribution in [0.3, 0.4) is 0 Å². The summed E-state index contributed by atoms with van der Waals surface area (Å²) in [6, 6.07) is 0. The quantitative estimate of drug-likeness (QED) is 0.627. The number of nitrogens with one attached hydrogen (secondary N) is 1. The highest BCUT2D eigenvalue weighted by atomic mass is 16.1. The summed E-state index contributed by atoms with van der Waals surface area (Å²) < 4.78 is 0. The van der Waals surface area contributed by atoms with Crippen molar-refractivity contribution >= 4 is 11.7 Å². The second-order valence-corrected chi connectivity index (χ2v) is 2.56. The Bertz CT molecular complexity index is 177. The van der Waals surface area contributed by atoms with Gasteiger partial charge >= 0.3 is 0 Å². The molecule has 4 heteroatoms. The van der Waals surface area contributed by atoms with E-state index in [9.17, 15) is 9.59 Å². The number of carbonyl (C=O) groups is 2. The molecular formula is C7H12N2O2. The van der Waals surface area contributed by atoms with E-state index in [0.717, 1.165) is 0 Å². The molecule has 0 heterocycles. The van der Waals surface area contributed by atoms with E-state index >= 15 is 0 Å². The molecule has 0 rings (SSSR count). The van der Waals surface area contributed by atoms with Gasteiger partial charge in [0, 0.05) is 12.3 Å². The Kier molecular flexibility index (Phi) is 4.26. The second-order valence-electron chi connectivity index (χ2n) is 2.56. The number of carbonyl (C=O) groups excluding carboxylic acids is 2. The molecule has 0 saturated carbocycles. The van der Waals surface area contributed by atoms with E-state index in [1.807, 2.05) is 0 Å². The van der Waals surface area contributed by atoms with Crippen LogP contribution >= 0.6 is 0 Å². The maximum absolute atomic E-state index is 10.7. The highest BCUT2D eigenvalue weighted by molar-refractivity contribution is 5.80. The van der Waals surface area contributed by atoms with Crippen LogP contribution in [0.2, 0.25) is 0 Å². The SMILES string of the molecule is CC(=O)C(C)CCC(=O)N=N. The number of nitrogens with zero attached hydrogens (tertiary/aromatic N) is 1. The molecule has 0 aliphatic rings. The van der Waals surface area contributed by atoms with Crippen molar-refractivity contribution in [1.29, 1.82) is 5.53 Å². The number of amides is 1. The van der Waals surface area contributed by atoms with Gasteiger partial charge in [-0.25, -0.2) is 5.53 Å². The van der Waals surface area contributed by atoms with Crippen LogP contribution in [0.15, 0.2) is 5.11 Å². The maximum Gasteiger partial charge on any atom is 0.264 e. The molecule has 0 aromatic rings. The van der Waals surface area contributed by atoms with Gasteiger partial charge in [-0.1, -0.05) is 6.92 Å². The lowest BCUT2D eigenvalue weighted by molar-refractivity contribution is -0.121. The molecular weight excluding hydrogens is 144 g/mol. The summed E-state index contributed by atoms with van der Waals surface area (Å²) in [6.45, 7) is 3.26. The molecule has 0 aliphatic heterocycles. The van der Waals surface area contributed by atoms with E-state index in [4.69, 9.17) is 5.53 Å². The third-order valence-electron chi connectivity index (χ3n) is 1.61. The fraction of sp³-hybridized carbons (Fsp3) is 0.714. The van der Waals surface area contributed by atoms with E-state index in [1.165, 1.54) is 6.92 Å². The van der Waals surface area contributed by atoms with E-state index in [1.54, 1.807) is 6.92 Å². The third kappa shape index (κ3) is 4.36. The van der Waals surface area contributed by atoms with Crippen LogP contribution in [-0.2, 0) is 9.59 Å². The Morgan fingerprint density at radius 2 is 2.09 bits per heavy atom. The average Bonchev–Trinajstić information content (AvgIpc) is 1.99. The Hall–Kier alpha value is -1.06. The van der Waals surface area contributed by atoms with Crippen molar-refractivity contribution < 1.29 is 9.59 Å². The van der Waals surface area contributed by atoms with Crippen molar-refractivity contribution in [3.05, 3.63) is 0 Å². The van der Waals surface area contributed by atoms with Gasteiger partial charge in [0.25, 0.3) is 5.91 Å². The molecule has 0 aromatic carbocycles. The van der Waals surface area contributed by atoms with Gasteiger partial charge in [-0.05, 0) is 13.3 Å². The predicted octanol–water partition coefficient (Wildman–Crippen LogP) is 1.55. The van der Waals surface area contributed by atoms with Crippen LogP contribution in [0.25, 0.3) is 0 Å². The van der Waals surface area contributed by atoms with Crippen LogP contribution in [-0.4, -0.2) is 11.7 Å². The number of hydrogen-bond donors (Lipinski definition) is 1. The van der Waals surface area contributed by atoms with Gasteiger partial charge in [-0.3, -0.25) is 9.59 Å². The maximum atomic E-state index is 10.7. The first-order valence-electron chi connectivity index (χ1n) is 3.48. The molecule has 62 valence electrons. The molecule has 1 amide bonds. The lowest BCUT2D eigenvalue weighted by Gasteiger charge is -2.02. The minimum atomic E-state index is -0.460. The van der Waals surface area contributed by atoms with Crippen LogP contribution in [0, 0.1) is 11.4 Å². The summed E-state index contributed by atoms with van der Waals surface area (Å²) in [5.74, 6) is -0.485. The second kappa shape index (κ2) is 4.71. The van der Waals surface area contributed by atoms with Gasteiger partial charge in [0.05, 0.1) is 0 Å². The zero-order valence-corrected chi connectivity index (χ0v) is 6.76. The molecule has 4 nitrogen and oxygen atoms in total. The molecule has 0 radical (unpaired) electrons. The monoisotopic (exact) mass is 156 g/mol. The van der Waals surface area contributed by atoms with Crippen molar-refractivity contribution in [3.63, 3.8) is 0 Å². The zero-order chi connectivity index (χ0) is 8.85. The first kappa shape index (κ1) is 9.94. The Balaban J connectivity index is 3.62. The Morgan fingerprint density at radius 1 is 1.55 bits per heavy atom. The van der Waals surface area contributed by atoms with E-state index in [2.05, 4.69) is 5.11 Å². The summed E-state index contributed by atoms with van der Waals surface area (Å²) in [4.78, 5) is 21.1. The number of Topliss-reactive ketones (excluding diaryl/α,β-unsaturated/α-hetero) is 1. The van der Waals surface area contributed by atoms with Crippen molar-refractivity contribution in [1.82, 2.24) is 0 Å². The Morgan fingerprint density at radius 3 is 2.45 bits per heavy atom. The predicted molar refractivity (Wildman–Crippen MR) is 39.2 cm³/mol. The van der Waals surface area contributed by atoms with Gasteiger partial charge in [0.2, 0.25) is 0 Å². The van der Waals surface area contributed by atoms with E-state index < -0.39 is 5.91 Å². The molecule has 0 fully saturated rings. The number of rotatable bonds is 4. The normalized spacial score (nSPS) is 12.2. The summed E-state index contributed by atoms with van der Waals surface area (Å²) in [7, 11) is 0. The van der Waals surface area contributed by atoms with Crippen LogP contribution in [0.4, 0.5) is 0 Å². The third-order valence-corrected chi connectivity index (χ3v) is 1.61. The fourth-order valence-corrected chi connectivity index (χ4v) is 0.599. The van der Waals surface area contributed by atoms with E-state index in [-0.39, 0.29) is 18.1 Å². The van der Waals surface area contributed by atoms with Crippen LogP contribution in [0.5, 0.6) is 0 Å². The van der Waals surface area contributed by atoms with E-state index in [0.29, 0.717) is 6.42 Å². The molecule has 0 spiro atoms. The summed E-state index contributed by atoms with van der Waals surface area (Å²) in [5.41, 5.74) is 6.35. The Labute approximate surface area is 65.5 Å². The smallest absolute Gasteiger partial charge is 0.264 e. The standard InChI is InChI=1S/C7H12N2O2/c1-5(6(2)10)3-4-7(11)9-8/h5,8H,3-4H2,1-2H3. The van der Waals surface area contributed by atoms with Crippen molar-refractivity contribution in [2.75, 3.05) is 0 Å². The lowest BCUT2D eigenvalue weighted by Crippen LogP contribution is -2.07. The minimum absolute atomic E-state index is 0.0720. The van der Waals surface area contributed by atoms with Gasteiger partial charge in [0.15, 0.2) is 0 Å². The number of ketones is 1. The molecule has 0 aromatic heterocycles. The van der Waals surface area contributed by atoms with Gasteiger partial charge in [-0.15, -0.1) is 5.11 Å². The number of hydrogen-bond acceptors (Lipinski definition) is 3. The van der Waals surface area contributed by atoms with Gasteiger partial charge in [-0.2, -0.15) is 0 Å². The van der Waals surface area contributed by atoms with Gasteiger partial charge < -0.3 is 0 Å². The zero-order valence-electron chi connectivity index (χ0n) is 6.76. The first-order valence-corrected chi connectivity index (χ1v) is 3.48. The van der Waals surface area contributed by atoms with Crippen molar-refractivity contribution in [2.24, 2.45) is 11.0 Å². The molecule has 0 aliphatic carbocycles. The summed E-state index contributed by atoms with van der Waals surface area (Å²) >= 11 is 0.